The van der Waals surface area contributed by atoms with Crippen molar-refractivity contribution in [1.82, 2.24) is 25.4 Å². The molecule has 2 aromatic heterocycles. The van der Waals surface area contributed by atoms with Crippen LogP contribution in [0.25, 0.3) is 16.9 Å². The predicted octanol–water partition coefficient (Wildman–Crippen LogP) is 1.44. The van der Waals surface area contributed by atoms with E-state index in [0.29, 0.717) is 34.6 Å². The zero-order valence-corrected chi connectivity index (χ0v) is 15.4. The molecule has 8 heteroatoms. The Hall–Kier alpha value is -3.70. The van der Waals surface area contributed by atoms with Gasteiger partial charge in [-0.05, 0) is 49.8 Å². The largest absolute Gasteiger partial charge is 0.352 e. The molecule has 3 rings (SSSR count). The van der Waals surface area contributed by atoms with Gasteiger partial charge in [-0.15, -0.1) is 0 Å². The highest BCUT2D eigenvalue weighted by Crippen LogP contribution is 2.16. The van der Waals surface area contributed by atoms with Crippen LogP contribution < -0.4 is 16.2 Å². The van der Waals surface area contributed by atoms with Gasteiger partial charge in [-0.3, -0.25) is 14.7 Å². The third-order valence-corrected chi connectivity index (χ3v) is 4.22. The zero-order valence-electron chi connectivity index (χ0n) is 15.4. The Kier molecular flexibility index (Phi) is 5.99. The average molecular weight is 376 g/mol. The number of nitrogens with one attached hydrogen (secondary N) is 3. The molecule has 0 aliphatic rings. The van der Waals surface area contributed by atoms with Gasteiger partial charge in [0, 0.05) is 18.9 Å². The molecule has 0 unspecified atom stereocenters. The van der Waals surface area contributed by atoms with Crippen molar-refractivity contribution in [2.45, 2.75) is 6.42 Å². The van der Waals surface area contributed by atoms with Crippen molar-refractivity contribution >= 4 is 5.91 Å². The molecule has 0 radical (unpaired) electrons. The van der Waals surface area contributed by atoms with Crippen LogP contribution >= 0.6 is 0 Å². The van der Waals surface area contributed by atoms with Gasteiger partial charge in [0.1, 0.15) is 0 Å². The van der Waals surface area contributed by atoms with E-state index in [4.69, 9.17) is 5.26 Å². The lowest BCUT2D eigenvalue weighted by Gasteiger charge is -2.06. The lowest BCUT2D eigenvalue weighted by Crippen LogP contribution is -2.26. The molecule has 0 saturated carbocycles. The quantitative estimate of drug-likeness (QED) is 0.540. The molecule has 0 atom stereocenters. The minimum absolute atomic E-state index is 0.202. The number of nitriles is 1. The number of aromatic amines is 1. The van der Waals surface area contributed by atoms with Gasteiger partial charge >= 0.3 is 0 Å². The van der Waals surface area contributed by atoms with Crippen LogP contribution in [-0.4, -0.2) is 40.8 Å². The zero-order chi connectivity index (χ0) is 19.9. The number of benzene rings is 1. The molecule has 8 nitrogen and oxygen atoms in total. The second-order valence-corrected chi connectivity index (χ2v) is 6.13. The summed E-state index contributed by atoms with van der Waals surface area (Å²) in [4.78, 5) is 29.0. The molecule has 0 fully saturated rings. The lowest BCUT2D eigenvalue weighted by molar-refractivity contribution is 0.0953. The predicted molar refractivity (Wildman–Crippen MR) is 105 cm³/mol. The van der Waals surface area contributed by atoms with Crippen LogP contribution in [0.2, 0.25) is 0 Å². The van der Waals surface area contributed by atoms with Gasteiger partial charge < -0.3 is 10.6 Å². The summed E-state index contributed by atoms with van der Waals surface area (Å²) in [5.74, 6) is 0.184. The number of nitrogens with zero attached hydrogens (tertiary/aromatic N) is 3. The fourth-order valence-electron chi connectivity index (χ4n) is 2.69. The van der Waals surface area contributed by atoms with Gasteiger partial charge in [-0.1, -0.05) is 12.1 Å². The van der Waals surface area contributed by atoms with Gasteiger partial charge in [0.2, 0.25) is 0 Å². The highest BCUT2D eigenvalue weighted by atomic mass is 16.1. The second-order valence-electron chi connectivity index (χ2n) is 6.13. The molecular formula is C20H20N6O2. The van der Waals surface area contributed by atoms with Crippen molar-refractivity contribution in [3.05, 3.63) is 70.3 Å². The van der Waals surface area contributed by atoms with Crippen LogP contribution in [0.15, 0.2) is 53.6 Å². The van der Waals surface area contributed by atoms with E-state index in [0.717, 1.165) is 13.0 Å². The highest BCUT2D eigenvalue weighted by molar-refractivity contribution is 5.93. The van der Waals surface area contributed by atoms with E-state index in [1.807, 2.05) is 13.1 Å². The Morgan fingerprint density at radius 3 is 2.64 bits per heavy atom. The molecule has 142 valence electrons. The van der Waals surface area contributed by atoms with E-state index < -0.39 is 0 Å². The number of amides is 1. The number of carbonyl (C=O) groups excluding carboxylic acids is 1. The molecule has 0 bridgehead atoms. The van der Waals surface area contributed by atoms with E-state index in [2.05, 4.69) is 20.7 Å². The Morgan fingerprint density at radius 1 is 1.21 bits per heavy atom. The Bertz CT molecular complexity index is 1040. The number of carbonyl (C=O) groups is 1. The van der Waals surface area contributed by atoms with E-state index in [9.17, 15) is 9.59 Å². The van der Waals surface area contributed by atoms with Crippen molar-refractivity contribution in [2.75, 3.05) is 20.1 Å². The summed E-state index contributed by atoms with van der Waals surface area (Å²) >= 11 is 0. The summed E-state index contributed by atoms with van der Waals surface area (Å²) in [6, 6.07) is 12.1. The van der Waals surface area contributed by atoms with Gasteiger partial charge in [0.15, 0.2) is 5.82 Å². The number of H-pyrrole nitrogens is 1. The summed E-state index contributed by atoms with van der Waals surface area (Å²) in [5, 5.41) is 17.6. The molecule has 0 aliphatic carbocycles. The van der Waals surface area contributed by atoms with Crippen LogP contribution in [0.3, 0.4) is 0 Å². The molecule has 3 N–H and O–H groups in total. The maximum Gasteiger partial charge on any atom is 0.280 e. The van der Waals surface area contributed by atoms with Crippen LogP contribution in [0.1, 0.15) is 22.3 Å². The fourth-order valence-corrected chi connectivity index (χ4v) is 2.69. The topological polar surface area (TPSA) is 116 Å². The highest BCUT2D eigenvalue weighted by Gasteiger charge is 2.12. The summed E-state index contributed by atoms with van der Waals surface area (Å²) in [5.41, 5.74) is 1.87. The monoisotopic (exact) mass is 376 g/mol. The van der Waals surface area contributed by atoms with Crippen molar-refractivity contribution < 1.29 is 4.79 Å². The standard InChI is InChI=1S/C20H20N6O2/c1-22-9-2-10-23-19(27)16-7-8-18(24-12-16)26-20(28)17(13-25-26)15-5-3-14(11-21)4-6-15/h3-8,12-13,22,25H,2,9-10H2,1H3,(H,23,27). The molecule has 3 aromatic rings. The third-order valence-electron chi connectivity index (χ3n) is 4.22. The SMILES string of the molecule is CNCCCNC(=O)c1ccc(-n2[nH]cc(-c3ccc(C#N)cc3)c2=O)nc1. The number of rotatable bonds is 7. The summed E-state index contributed by atoms with van der Waals surface area (Å²) in [6.45, 7) is 1.40. The Morgan fingerprint density at radius 2 is 2.00 bits per heavy atom. The lowest BCUT2D eigenvalue weighted by atomic mass is 10.1. The van der Waals surface area contributed by atoms with Gasteiger partial charge in [0.25, 0.3) is 11.5 Å². The molecular weight excluding hydrogens is 356 g/mol. The van der Waals surface area contributed by atoms with Crippen molar-refractivity contribution in [2.24, 2.45) is 0 Å². The second kappa shape index (κ2) is 8.79. The molecule has 28 heavy (non-hydrogen) atoms. The van der Waals surface area contributed by atoms with E-state index >= 15 is 0 Å². The van der Waals surface area contributed by atoms with Crippen LogP contribution in [0.4, 0.5) is 0 Å². The number of hydrogen-bond acceptors (Lipinski definition) is 5. The first-order valence-corrected chi connectivity index (χ1v) is 8.84. The molecule has 0 spiro atoms. The van der Waals surface area contributed by atoms with Crippen LogP contribution in [0, 0.1) is 11.3 Å². The average Bonchev–Trinajstić information content (AvgIpc) is 3.12. The van der Waals surface area contributed by atoms with Crippen LogP contribution in [0.5, 0.6) is 0 Å². The maximum absolute atomic E-state index is 12.7. The first kappa shape index (κ1) is 19.1. The summed E-state index contributed by atoms with van der Waals surface area (Å²) in [6.07, 6.45) is 3.87. The minimum Gasteiger partial charge on any atom is -0.352 e. The molecule has 2 heterocycles. The van der Waals surface area contributed by atoms with Crippen molar-refractivity contribution in [3.63, 3.8) is 0 Å². The number of aromatic nitrogens is 3. The summed E-state index contributed by atoms with van der Waals surface area (Å²) < 4.78 is 1.31. The van der Waals surface area contributed by atoms with E-state index in [1.54, 1.807) is 42.6 Å². The van der Waals surface area contributed by atoms with Gasteiger partial charge in [0.05, 0.1) is 22.8 Å². The number of hydrogen-bond donors (Lipinski definition) is 3. The third kappa shape index (κ3) is 4.16. The Labute approximate surface area is 161 Å². The molecule has 1 amide bonds. The molecule has 0 saturated heterocycles. The van der Waals surface area contributed by atoms with E-state index in [1.165, 1.54) is 10.9 Å². The van der Waals surface area contributed by atoms with Gasteiger partial charge in [-0.2, -0.15) is 5.26 Å². The van der Waals surface area contributed by atoms with Crippen molar-refractivity contribution in [3.8, 4) is 23.0 Å². The van der Waals surface area contributed by atoms with Gasteiger partial charge in [-0.25, -0.2) is 9.67 Å². The maximum atomic E-state index is 12.7. The molecule has 1 aromatic carbocycles. The van der Waals surface area contributed by atoms with Crippen molar-refractivity contribution in [1.29, 1.82) is 5.26 Å². The Balaban J connectivity index is 1.75. The fraction of sp³-hybridized carbons (Fsp3) is 0.200. The van der Waals surface area contributed by atoms with E-state index in [-0.39, 0.29) is 11.5 Å². The molecule has 0 aliphatic heterocycles. The normalized spacial score (nSPS) is 10.4. The first-order chi connectivity index (χ1) is 13.6. The van der Waals surface area contributed by atoms with Crippen LogP contribution in [-0.2, 0) is 0 Å². The minimum atomic E-state index is -0.263. The number of pyridine rings is 1. The summed E-state index contributed by atoms with van der Waals surface area (Å²) in [7, 11) is 1.86. The first-order valence-electron chi connectivity index (χ1n) is 8.84. The smallest absolute Gasteiger partial charge is 0.280 e.